The molecule has 0 spiro atoms. The normalized spacial score (nSPS) is 16.0. The van der Waals surface area contributed by atoms with Gasteiger partial charge in [0.1, 0.15) is 0 Å². The molecule has 36 heavy (non-hydrogen) atoms. The molecule has 1 aromatic heterocycles. The molecule has 0 saturated carbocycles. The van der Waals surface area contributed by atoms with E-state index in [1.54, 1.807) is 12.1 Å². The first-order chi connectivity index (χ1) is 17.6. The number of hydrogen-bond donors (Lipinski definition) is 2. The number of hydrogen-bond acceptors (Lipinski definition) is 5. The smallest absolute Gasteiger partial charge is 0.287 e. The first-order valence-electron chi connectivity index (χ1n) is 13.1. The maximum absolute atomic E-state index is 12.9. The average Bonchev–Trinajstić information content (AvgIpc) is 3.46. The van der Waals surface area contributed by atoms with Crippen molar-refractivity contribution >= 4 is 23.4 Å². The van der Waals surface area contributed by atoms with Crippen LogP contribution in [0.1, 0.15) is 80.8 Å². The summed E-state index contributed by atoms with van der Waals surface area (Å²) in [6, 6.07) is 12.6. The third-order valence-corrected chi connectivity index (χ3v) is 6.46. The van der Waals surface area contributed by atoms with Crippen LogP contribution in [0.3, 0.4) is 0 Å². The lowest BCUT2D eigenvalue weighted by Gasteiger charge is -2.31. The number of carbonyl (C=O) groups is 3. The van der Waals surface area contributed by atoms with E-state index >= 15 is 0 Å². The van der Waals surface area contributed by atoms with E-state index in [9.17, 15) is 14.4 Å². The number of nitrogens with one attached hydrogen (secondary N) is 2. The van der Waals surface area contributed by atoms with Crippen molar-refractivity contribution in [3.8, 4) is 0 Å². The van der Waals surface area contributed by atoms with Gasteiger partial charge in [0.25, 0.3) is 5.91 Å². The molecule has 1 aliphatic heterocycles. The van der Waals surface area contributed by atoms with Crippen LogP contribution in [0.5, 0.6) is 0 Å². The summed E-state index contributed by atoms with van der Waals surface area (Å²) in [5, 5.41) is 7.12. The minimum absolute atomic E-state index is 0.122. The van der Waals surface area contributed by atoms with E-state index < -0.39 is 0 Å². The Labute approximate surface area is 213 Å². The molecule has 2 heterocycles. The molecule has 0 aliphatic carbocycles. The third kappa shape index (κ3) is 8.66. The van der Waals surface area contributed by atoms with Crippen molar-refractivity contribution in [3.63, 3.8) is 0 Å². The molecular formula is C28H38N4O4. The fourth-order valence-corrected chi connectivity index (χ4v) is 4.34. The van der Waals surface area contributed by atoms with E-state index in [2.05, 4.69) is 22.8 Å². The number of amides is 3. The predicted octanol–water partition coefficient (Wildman–Crippen LogP) is 4.52. The lowest BCUT2D eigenvalue weighted by Crippen LogP contribution is -2.45. The second-order valence-electron chi connectivity index (χ2n) is 9.26. The number of benzene rings is 1. The van der Waals surface area contributed by atoms with Gasteiger partial charge in [-0.15, -0.1) is 0 Å². The molecular weight excluding hydrogens is 456 g/mol. The molecule has 0 bridgehead atoms. The van der Waals surface area contributed by atoms with E-state index in [-0.39, 0.29) is 35.9 Å². The number of likely N-dealkylation sites (tertiary alicyclic amines) is 1. The van der Waals surface area contributed by atoms with Crippen LogP contribution in [0.15, 0.2) is 58.2 Å². The van der Waals surface area contributed by atoms with Gasteiger partial charge in [-0.05, 0) is 37.0 Å². The molecule has 2 aromatic rings. The van der Waals surface area contributed by atoms with Crippen LogP contribution in [0.4, 0.5) is 0 Å². The molecule has 3 amide bonds. The van der Waals surface area contributed by atoms with Gasteiger partial charge < -0.3 is 14.6 Å². The van der Waals surface area contributed by atoms with Crippen LogP contribution >= 0.6 is 0 Å². The number of piperidine rings is 1. The van der Waals surface area contributed by atoms with Crippen molar-refractivity contribution in [1.82, 2.24) is 15.6 Å². The minimum atomic E-state index is -0.359. The zero-order chi connectivity index (χ0) is 25.6. The fourth-order valence-electron chi connectivity index (χ4n) is 4.34. The Morgan fingerprint density at radius 3 is 2.56 bits per heavy atom. The number of rotatable bonds is 13. The highest BCUT2D eigenvalue weighted by molar-refractivity contribution is 6.05. The quantitative estimate of drug-likeness (QED) is 0.243. The SMILES string of the molecule is CCCCCCCCC(=O)N1CCC[C@@H](C(=O)N/N=C(\CNC(=O)c2ccco2)c2ccccc2)C1. The molecule has 1 atom stereocenters. The summed E-state index contributed by atoms with van der Waals surface area (Å²) in [5.74, 6) is -0.526. The van der Waals surface area contributed by atoms with E-state index in [1.165, 1.54) is 31.9 Å². The monoisotopic (exact) mass is 494 g/mol. The van der Waals surface area contributed by atoms with Gasteiger partial charge in [0.05, 0.1) is 24.4 Å². The molecule has 2 N–H and O–H groups in total. The Morgan fingerprint density at radius 1 is 1.03 bits per heavy atom. The molecule has 3 rings (SSSR count). The number of carbonyl (C=O) groups excluding carboxylic acids is 3. The van der Waals surface area contributed by atoms with Gasteiger partial charge in [-0.3, -0.25) is 14.4 Å². The fraction of sp³-hybridized carbons (Fsp3) is 0.500. The number of nitrogens with zero attached hydrogens (tertiary/aromatic N) is 2. The number of hydrazone groups is 1. The molecule has 8 heteroatoms. The van der Waals surface area contributed by atoms with Crippen LogP contribution in [-0.2, 0) is 9.59 Å². The zero-order valence-corrected chi connectivity index (χ0v) is 21.2. The van der Waals surface area contributed by atoms with Crippen molar-refractivity contribution in [1.29, 1.82) is 0 Å². The van der Waals surface area contributed by atoms with Gasteiger partial charge in [-0.25, -0.2) is 5.43 Å². The van der Waals surface area contributed by atoms with Crippen molar-refractivity contribution in [2.24, 2.45) is 11.0 Å². The summed E-state index contributed by atoms with van der Waals surface area (Å²) in [5.41, 5.74) is 3.99. The summed E-state index contributed by atoms with van der Waals surface area (Å²) in [4.78, 5) is 39.7. The summed E-state index contributed by atoms with van der Waals surface area (Å²) >= 11 is 0. The molecule has 1 aliphatic rings. The second-order valence-corrected chi connectivity index (χ2v) is 9.26. The van der Waals surface area contributed by atoms with Crippen molar-refractivity contribution in [3.05, 3.63) is 60.1 Å². The highest BCUT2D eigenvalue weighted by Crippen LogP contribution is 2.18. The van der Waals surface area contributed by atoms with Gasteiger partial charge in [-0.1, -0.05) is 69.4 Å². The summed E-state index contributed by atoms with van der Waals surface area (Å²) in [6.45, 7) is 3.44. The third-order valence-electron chi connectivity index (χ3n) is 6.46. The van der Waals surface area contributed by atoms with Crippen LogP contribution in [0, 0.1) is 5.92 Å². The first kappa shape index (κ1) is 27.2. The molecule has 1 aromatic carbocycles. The molecule has 1 saturated heterocycles. The van der Waals surface area contributed by atoms with Crippen molar-refractivity contribution in [2.45, 2.75) is 64.7 Å². The Balaban J connectivity index is 1.53. The van der Waals surface area contributed by atoms with Gasteiger partial charge >= 0.3 is 0 Å². The maximum atomic E-state index is 12.9. The lowest BCUT2D eigenvalue weighted by molar-refractivity contribution is -0.135. The highest BCUT2D eigenvalue weighted by atomic mass is 16.3. The second kappa shape index (κ2) is 14.9. The van der Waals surface area contributed by atoms with Crippen LogP contribution in [0.2, 0.25) is 0 Å². The van der Waals surface area contributed by atoms with E-state index in [1.807, 2.05) is 35.2 Å². The van der Waals surface area contributed by atoms with Crippen LogP contribution in [0.25, 0.3) is 0 Å². The van der Waals surface area contributed by atoms with E-state index in [4.69, 9.17) is 4.42 Å². The topological polar surface area (TPSA) is 104 Å². The highest BCUT2D eigenvalue weighted by Gasteiger charge is 2.28. The van der Waals surface area contributed by atoms with Crippen LogP contribution < -0.4 is 10.7 Å². The Bertz CT molecular complexity index is 988. The minimum Gasteiger partial charge on any atom is -0.459 e. The maximum Gasteiger partial charge on any atom is 0.287 e. The van der Waals surface area contributed by atoms with Gasteiger partial charge in [0, 0.05) is 19.5 Å². The Hall–Kier alpha value is -3.42. The first-order valence-corrected chi connectivity index (χ1v) is 13.1. The van der Waals surface area contributed by atoms with E-state index in [0.717, 1.165) is 31.2 Å². The summed E-state index contributed by atoms with van der Waals surface area (Å²) in [7, 11) is 0. The molecule has 8 nitrogen and oxygen atoms in total. The summed E-state index contributed by atoms with van der Waals surface area (Å²) < 4.78 is 5.13. The standard InChI is InChI=1S/C28H38N4O4/c1-2-3-4-5-6-10-17-26(33)32-18-11-15-23(21-32)27(34)31-30-24(22-13-8-7-9-14-22)20-29-28(35)25-16-12-19-36-25/h7-9,12-14,16,19,23H,2-6,10-11,15,17-18,20-21H2,1H3,(H,29,35)(H,31,34)/b30-24+/t23-/m1/s1. The van der Waals surface area contributed by atoms with E-state index in [0.29, 0.717) is 25.2 Å². The summed E-state index contributed by atoms with van der Waals surface area (Å²) in [6.07, 6.45) is 10.4. The number of furan rings is 1. The molecule has 0 radical (unpaired) electrons. The van der Waals surface area contributed by atoms with Crippen molar-refractivity contribution in [2.75, 3.05) is 19.6 Å². The lowest BCUT2D eigenvalue weighted by atomic mass is 9.97. The molecule has 194 valence electrons. The number of unbranched alkanes of at least 4 members (excludes halogenated alkanes) is 5. The predicted molar refractivity (Wildman–Crippen MR) is 139 cm³/mol. The average molecular weight is 495 g/mol. The van der Waals surface area contributed by atoms with Gasteiger partial charge in [-0.2, -0.15) is 5.10 Å². The Morgan fingerprint density at radius 2 is 1.81 bits per heavy atom. The van der Waals surface area contributed by atoms with Crippen molar-refractivity contribution < 1.29 is 18.8 Å². The Kier molecular flexibility index (Phi) is 11.2. The molecule has 0 unspecified atom stereocenters. The van der Waals surface area contributed by atoms with Crippen LogP contribution in [-0.4, -0.2) is 48.0 Å². The van der Waals surface area contributed by atoms with Gasteiger partial charge in [0.2, 0.25) is 11.8 Å². The van der Waals surface area contributed by atoms with Gasteiger partial charge in [0.15, 0.2) is 5.76 Å². The zero-order valence-electron chi connectivity index (χ0n) is 21.2. The largest absolute Gasteiger partial charge is 0.459 e. The molecule has 1 fully saturated rings.